The summed E-state index contributed by atoms with van der Waals surface area (Å²) in [7, 11) is 0. The number of rotatable bonds is 9. The topological polar surface area (TPSA) is 35.9 Å². The summed E-state index contributed by atoms with van der Waals surface area (Å²) in [5, 5.41) is 1.79. The molecule has 0 unspecified atom stereocenters. The minimum absolute atomic E-state index is 0. The van der Waals surface area contributed by atoms with E-state index in [0.29, 0.717) is 11.3 Å². The first-order chi connectivity index (χ1) is 43.3. The van der Waals surface area contributed by atoms with E-state index in [1.54, 1.807) is 30.5 Å². The number of aromatic nitrogens is 4. The van der Waals surface area contributed by atoms with Gasteiger partial charge in [0.05, 0.1) is 37.3 Å². The van der Waals surface area contributed by atoms with Gasteiger partial charge in [0.1, 0.15) is 5.82 Å². The molecule has 0 spiro atoms. The maximum Gasteiger partial charge on any atom is 0.268 e. The van der Waals surface area contributed by atoms with Crippen LogP contribution in [0.1, 0.15) is 66.2 Å². The number of fused-ring (bicyclic) bond motifs is 4. The smallest absolute Gasteiger partial charge is 0.268 e. The number of hydrogen-bond acceptors (Lipinski definition) is 2. The predicted molar refractivity (Wildman–Crippen MR) is 290 cm³/mol. The number of nitrogens with zero attached hydrogens (tertiary/aromatic N) is 4. The Labute approximate surface area is 465 Å². The number of ether oxygens (including phenoxy) is 1. The standard InChI is InChI=1S/C66H50N4O.Pt/c1-44-19-17-20-45(2)64(44)49-31-34-60-62(39-49)68(43-69(60)65-57(47-23-11-7-12-24-47)37-50(46-21-9-6-10-22-46)38-58(65)48-25-13-8-14-26-48)52-27-18-28-53(41-52)71-54-32-33-56-55-29-15-16-30-59(55)70(61(56)42-54)63-40-51(35-36-67-63)66(3,4)5;/h6-40H,1-5H3;/q-2;/i1D3,2D3,6D,7D,8D,9D,10D,11D,12D,13D,14D,21D,22D,23D,24D,25D,26D;. The molecule has 0 N–H and O–H groups in total. The number of benzene rings is 9. The van der Waals surface area contributed by atoms with Crippen molar-refractivity contribution in [3.8, 4) is 73.2 Å². The molecule has 5 nitrogen and oxygen atoms in total. The second-order valence-electron chi connectivity index (χ2n) is 17.7. The van der Waals surface area contributed by atoms with Crippen LogP contribution in [0.25, 0.3) is 94.5 Å². The Morgan fingerprint density at radius 1 is 0.583 bits per heavy atom. The summed E-state index contributed by atoms with van der Waals surface area (Å²) in [6.45, 7) is 0.614. The maximum absolute atomic E-state index is 9.45. The van der Waals surface area contributed by atoms with Crippen LogP contribution in [-0.4, -0.2) is 14.1 Å². The molecule has 0 aliphatic carbocycles. The molecule has 12 rings (SSSR count). The predicted octanol–water partition coefficient (Wildman–Crippen LogP) is 16.2. The van der Waals surface area contributed by atoms with Gasteiger partial charge in [-0.2, -0.15) is 18.2 Å². The van der Waals surface area contributed by atoms with E-state index in [9.17, 15) is 5.48 Å². The van der Waals surface area contributed by atoms with Crippen molar-refractivity contribution in [3.05, 3.63) is 247 Å². The molecule has 0 saturated heterocycles. The first-order valence-electron chi connectivity index (χ1n) is 33.0. The molecule has 0 fully saturated rings. The molecule has 0 radical (unpaired) electrons. The van der Waals surface area contributed by atoms with E-state index in [4.69, 9.17) is 33.0 Å². The van der Waals surface area contributed by atoms with Gasteiger partial charge < -0.3 is 13.9 Å². The second kappa shape index (κ2) is 18.9. The minimum Gasteiger partial charge on any atom is -0.510 e. The van der Waals surface area contributed by atoms with Crippen LogP contribution in [-0.2, 0) is 26.5 Å². The van der Waals surface area contributed by atoms with Crippen molar-refractivity contribution in [1.82, 2.24) is 14.1 Å². The average Bonchev–Trinajstić information content (AvgIpc) is 1.73. The van der Waals surface area contributed by atoms with Crippen LogP contribution in [0.2, 0.25) is 0 Å². The number of para-hydroxylation sites is 1. The maximum atomic E-state index is 9.45. The van der Waals surface area contributed by atoms with Gasteiger partial charge in [0, 0.05) is 52.5 Å². The van der Waals surface area contributed by atoms with Gasteiger partial charge in [0.15, 0.2) is 0 Å². The quantitative estimate of drug-likeness (QED) is 0.107. The summed E-state index contributed by atoms with van der Waals surface area (Å²) in [4.78, 5) is 4.79. The molecule has 12 aromatic rings. The van der Waals surface area contributed by atoms with Gasteiger partial charge >= 0.3 is 0 Å². The Hall–Kier alpha value is -8.11. The van der Waals surface area contributed by atoms with Crippen LogP contribution < -0.4 is 9.30 Å². The monoisotopic (exact) mass is 1130 g/mol. The fraction of sp³-hybridized carbons (Fsp3) is 0.0909. The van der Waals surface area contributed by atoms with Gasteiger partial charge in [-0.3, -0.25) is 4.57 Å². The molecule has 72 heavy (non-hydrogen) atoms. The Morgan fingerprint density at radius 2 is 1.24 bits per heavy atom. The van der Waals surface area contributed by atoms with Crippen LogP contribution in [0, 0.1) is 32.2 Å². The molecule has 352 valence electrons. The molecule has 0 saturated carbocycles. The molecule has 0 atom stereocenters. The Balaban J connectivity index is 0.00000884. The van der Waals surface area contributed by atoms with Crippen molar-refractivity contribution in [2.45, 2.75) is 39.9 Å². The van der Waals surface area contributed by atoms with E-state index in [-0.39, 0.29) is 99.3 Å². The molecule has 3 heterocycles. The van der Waals surface area contributed by atoms with Crippen molar-refractivity contribution < 1.29 is 59.2 Å². The zero-order chi connectivity index (χ0) is 66.3. The van der Waals surface area contributed by atoms with Crippen LogP contribution in [0.3, 0.4) is 0 Å². The number of pyridine rings is 1. The molecular weight excluding hydrogens is 1060 g/mol. The Bertz CT molecular complexity index is 4920. The molecule has 0 aliphatic rings. The summed E-state index contributed by atoms with van der Waals surface area (Å²) in [5.41, 5.74) is -0.767. The number of imidazole rings is 1. The van der Waals surface area contributed by atoms with E-state index in [1.807, 2.05) is 47.0 Å². The van der Waals surface area contributed by atoms with Gasteiger partial charge in [0.2, 0.25) is 0 Å². The van der Waals surface area contributed by atoms with Crippen LogP contribution >= 0.6 is 0 Å². The van der Waals surface area contributed by atoms with Gasteiger partial charge in [-0.25, -0.2) is 4.98 Å². The molecular formula is C66H50N4OPt-2. The van der Waals surface area contributed by atoms with Crippen LogP contribution in [0.4, 0.5) is 0 Å². The average molecular weight is 1130 g/mol. The first kappa shape index (κ1) is 28.1. The molecule has 3 aromatic heterocycles. The van der Waals surface area contributed by atoms with Crippen molar-refractivity contribution >= 4 is 32.8 Å². The summed E-state index contributed by atoms with van der Waals surface area (Å²) < 4.78 is 198. The molecule has 0 aliphatic heterocycles. The summed E-state index contributed by atoms with van der Waals surface area (Å²) in [5.74, 6) is 1.02. The molecule has 0 amide bonds. The van der Waals surface area contributed by atoms with Crippen molar-refractivity contribution in [2.75, 3.05) is 0 Å². The number of hydrogen-bond donors (Lipinski definition) is 0. The third kappa shape index (κ3) is 8.44. The Kier molecular flexibility index (Phi) is 7.37. The van der Waals surface area contributed by atoms with E-state index in [1.165, 1.54) is 57.7 Å². The van der Waals surface area contributed by atoms with Crippen LogP contribution in [0.5, 0.6) is 11.5 Å². The van der Waals surface area contributed by atoms with Gasteiger partial charge in [-0.1, -0.05) is 165 Å². The van der Waals surface area contributed by atoms with E-state index >= 15 is 0 Å². The first-order valence-corrected chi connectivity index (χ1v) is 22.5. The van der Waals surface area contributed by atoms with Crippen molar-refractivity contribution in [3.63, 3.8) is 0 Å². The van der Waals surface area contributed by atoms with Gasteiger partial charge in [-0.15, -0.1) is 29.7 Å². The SMILES string of the molecule is [2H]c1c([2H])c([2H])c(-c2cc(-c3c([2H])c([2H])c([2H])c([2H])c3[2H])c(-[n+]3[c-]n(-c4[c-]c(Oc5[c-]c6c(cc5)c5ccccc5n6-c5cc(C(C)(C)C)ccn5)ccc4)c4cc(-c5c(C([2H])([2H])[2H])cccc5C([2H])([2H])[2H])ccc43)c(-c3c([2H])c([2H])c([2H])c([2H])c3[2H])c2)c([2H])c1[2H].[Pt]. The van der Waals surface area contributed by atoms with Crippen LogP contribution in [0.15, 0.2) is 212 Å². The number of aryl methyl sites for hydroxylation is 2. The fourth-order valence-corrected chi connectivity index (χ4v) is 8.96. The van der Waals surface area contributed by atoms with Gasteiger partial charge in [-0.05, 0) is 128 Å². The largest absolute Gasteiger partial charge is 0.510 e. The minimum atomic E-state index is -2.86. The van der Waals surface area contributed by atoms with Crippen molar-refractivity contribution in [2.24, 2.45) is 0 Å². The summed E-state index contributed by atoms with van der Waals surface area (Å²) >= 11 is 0. The Morgan fingerprint density at radius 3 is 1.92 bits per heavy atom. The zero-order valence-electron chi connectivity index (χ0n) is 59.6. The summed E-state index contributed by atoms with van der Waals surface area (Å²) in [6, 6.07) is 26.1. The fourth-order valence-electron chi connectivity index (χ4n) is 8.96. The summed E-state index contributed by atoms with van der Waals surface area (Å²) in [6.07, 6.45) is 5.05. The third-order valence-electron chi connectivity index (χ3n) is 12.3. The third-order valence-corrected chi connectivity index (χ3v) is 12.3. The van der Waals surface area contributed by atoms with Gasteiger partial charge in [0.25, 0.3) is 6.33 Å². The molecule has 6 heteroatoms. The zero-order valence-corrected chi connectivity index (χ0v) is 40.8. The molecule has 0 bridgehead atoms. The molecule has 9 aromatic carbocycles. The van der Waals surface area contributed by atoms with Crippen molar-refractivity contribution in [1.29, 1.82) is 0 Å². The van der Waals surface area contributed by atoms with E-state index < -0.39 is 121 Å². The second-order valence-corrected chi connectivity index (χ2v) is 17.7. The van der Waals surface area contributed by atoms with E-state index in [2.05, 4.69) is 39.2 Å². The normalized spacial score (nSPS) is 16.1. The van der Waals surface area contributed by atoms with E-state index in [0.717, 1.165) is 21.9 Å².